The number of anilines is 1. The van der Waals surface area contributed by atoms with Crippen molar-refractivity contribution in [2.75, 3.05) is 5.73 Å². The van der Waals surface area contributed by atoms with E-state index in [0.717, 1.165) is 12.2 Å². The van der Waals surface area contributed by atoms with Crippen molar-refractivity contribution in [1.29, 1.82) is 0 Å². The zero-order valence-electron chi connectivity index (χ0n) is 9.08. The van der Waals surface area contributed by atoms with Crippen LogP contribution in [0.5, 0.6) is 0 Å². The molecule has 3 N–H and O–H groups in total. The van der Waals surface area contributed by atoms with Gasteiger partial charge in [-0.15, -0.1) is 11.3 Å². The van der Waals surface area contributed by atoms with E-state index in [-0.39, 0.29) is 0 Å². The number of hydrogen-bond donors (Lipinski definition) is 2. The summed E-state index contributed by atoms with van der Waals surface area (Å²) < 4.78 is 1.27. The molecule has 0 saturated heterocycles. The minimum atomic E-state index is 0.528. The van der Waals surface area contributed by atoms with Gasteiger partial charge in [0.1, 0.15) is 0 Å². The Labute approximate surface area is 94.1 Å². The molecular formula is C12H16N2S. The molecule has 3 heteroatoms. The smallest absolute Gasteiger partial charge is 0.0366 e. The Morgan fingerprint density at radius 2 is 2.13 bits per heavy atom. The molecule has 1 heterocycles. The Morgan fingerprint density at radius 3 is 2.87 bits per heavy atom. The number of nitrogens with one attached hydrogen (secondary N) is 1. The van der Waals surface area contributed by atoms with E-state index in [9.17, 15) is 0 Å². The van der Waals surface area contributed by atoms with Crippen molar-refractivity contribution in [3.8, 4) is 0 Å². The van der Waals surface area contributed by atoms with Crippen LogP contribution in [0.4, 0.5) is 5.69 Å². The molecule has 0 fully saturated rings. The lowest BCUT2D eigenvalue weighted by Gasteiger charge is -2.04. The van der Waals surface area contributed by atoms with Crippen LogP contribution >= 0.6 is 11.3 Å². The highest BCUT2D eigenvalue weighted by Gasteiger charge is 2.02. The van der Waals surface area contributed by atoms with Gasteiger partial charge in [-0.3, -0.25) is 0 Å². The maximum atomic E-state index is 5.75. The van der Waals surface area contributed by atoms with Gasteiger partial charge in [-0.2, -0.15) is 0 Å². The molecule has 0 amide bonds. The van der Waals surface area contributed by atoms with Crippen LogP contribution in [0, 0.1) is 0 Å². The van der Waals surface area contributed by atoms with Gasteiger partial charge >= 0.3 is 0 Å². The van der Waals surface area contributed by atoms with Gasteiger partial charge < -0.3 is 11.1 Å². The number of thiophene rings is 1. The van der Waals surface area contributed by atoms with Crippen molar-refractivity contribution in [3.05, 3.63) is 29.1 Å². The second-order valence-electron chi connectivity index (χ2n) is 4.05. The number of nitrogen functional groups attached to an aromatic ring is 1. The third-order valence-corrected chi connectivity index (χ3v) is 3.38. The fraction of sp³-hybridized carbons (Fsp3) is 0.333. The summed E-state index contributed by atoms with van der Waals surface area (Å²) in [4.78, 5) is 1.37. The molecule has 0 aliphatic carbocycles. The Bertz CT molecular complexity index is 460. The molecule has 1 aromatic heterocycles. The van der Waals surface area contributed by atoms with E-state index in [1.807, 2.05) is 23.5 Å². The van der Waals surface area contributed by atoms with E-state index in [0.29, 0.717) is 6.04 Å². The summed E-state index contributed by atoms with van der Waals surface area (Å²) >= 11 is 1.81. The van der Waals surface area contributed by atoms with Crippen LogP contribution in [0.15, 0.2) is 24.3 Å². The minimum absolute atomic E-state index is 0.528. The highest BCUT2D eigenvalue weighted by molar-refractivity contribution is 7.19. The molecule has 0 aliphatic heterocycles. The normalized spacial score (nSPS) is 11.4. The summed E-state index contributed by atoms with van der Waals surface area (Å²) in [5.74, 6) is 0. The molecule has 80 valence electrons. The van der Waals surface area contributed by atoms with Gasteiger partial charge in [0.15, 0.2) is 0 Å². The van der Waals surface area contributed by atoms with Crippen molar-refractivity contribution < 1.29 is 0 Å². The fourth-order valence-corrected chi connectivity index (χ4v) is 2.56. The number of fused-ring (bicyclic) bond motifs is 1. The van der Waals surface area contributed by atoms with Gasteiger partial charge in [-0.05, 0) is 23.6 Å². The minimum Gasteiger partial charge on any atom is -0.399 e. The summed E-state index contributed by atoms with van der Waals surface area (Å²) in [6.45, 7) is 5.26. The number of nitrogens with two attached hydrogens (primary N) is 1. The van der Waals surface area contributed by atoms with Crippen molar-refractivity contribution in [3.63, 3.8) is 0 Å². The fourth-order valence-electron chi connectivity index (χ4n) is 1.49. The van der Waals surface area contributed by atoms with Crippen molar-refractivity contribution in [2.45, 2.75) is 26.4 Å². The summed E-state index contributed by atoms with van der Waals surface area (Å²) in [5, 5.41) is 4.70. The maximum Gasteiger partial charge on any atom is 0.0366 e. The first-order valence-electron chi connectivity index (χ1n) is 5.16. The molecule has 2 rings (SSSR count). The molecule has 0 atom stereocenters. The van der Waals surface area contributed by atoms with Gasteiger partial charge in [0, 0.05) is 27.9 Å². The van der Waals surface area contributed by atoms with Crippen LogP contribution in [0.1, 0.15) is 18.7 Å². The quantitative estimate of drug-likeness (QED) is 0.780. The van der Waals surface area contributed by atoms with E-state index in [1.54, 1.807) is 0 Å². The van der Waals surface area contributed by atoms with Crippen LogP contribution in [0.25, 0.3) is 10.1 Å². The van der Waals surface area contributed by atoms with E-state index < -0.39 is 0 Å². The number of hydrogen-bond acceptors (Lipinski definition) is 3. The summed E-state index contributed by atoms with van der Waals surface area (Å²) in [5.41, 5.74) is 6.59. The van der Waals surface area contributed by atoms with E-state index in [4.69, 9.17) is 5.73 Å². The third kappa shape index (κ3) is 2.49. The lowest BCUT2D eigenvalue weighted by molar-refractivity contribution is 0.593. The predicted octanol–water partition coefficient (Wildman–Crippen LogP) is 2.98. The number of rotatable bonds is 3. The first-order valence-corrected chi connectivity index (χ1v) is 5.98. The lowest BCUT2D eigenvalue weighted by atomic mass is 10.2. The molecule has 0 unspecified atom stereocenters. The van der Waals surface area contributed by atoms with Gasteiger partial charge in [0.05, 0.1) is 0 Å². The molecule has 0 radical (unpaired) electrons. The largest absolute Gasteiger partial charge is 0.399 e. The van der Waals surface area contributed by atoms with E-state index >= 15 is 0 Å². The van der Waals surface area contributed by atoms with Gasteiger partial charge in [0.25, 0.3) is 0 Å². The number of benzene rings is 1. The van der Waals surface area contributed by atoms with Crippen LogP contribution in [0.3, 0.4) is 0 Å². The maximum absolute atomic E-state index is 5.75. The summed E-state index contributed by atoms with van der Waals surface area (Å²) in [7, 11) is 0. The van der Waals surface area contributed by atoms with Crippen molar-refractivity contribution in [1.82, 2.24) is 5.32 Å². The first-order chi connectivity index (χ1) is 7.15. The first kappa shape index (κ1) is 10.5. The topological polar surface area (TPSA) is 38.0 Å². The molecular weight excluding hydrogens is 204 g/mol. The molecule has 15 heavy (non-hydrogen) atoms. The predicted molar refractivity (Wildman–Crippen MR) is 68.2 cm³/mol. The van der Waals surface area contributed by atoms with Crippen molar-refractivity contribution in [2.24, 2.45) is 0 Å². The van der Waals surface area contributed by atoms with Gasteiger partial charge in [-0.25, -0.2) is 0 Å². The molecule has 2 nitrogen and oxygen atoms in total. The molecule has 0 aliphatic rings. The Hall–Kier alpha value is -1.06. The third-order valence-electron chi connectivity index (χ3n) is 2.28. The van der Waals surface area contributed by atoms with Crippen LogP contribution in [-0.4, -0.2) is 6.04 Å². The van der Waals surface area contributed by atoms with Gasteiger partial charge in [-0.1, -0.05) is 19.9 Å². The van der Waals surface area contributed by atoms with Gasteiger partial charge in [0.2, 0.25) is 0 Å². The standard InChI is InChI=1S/C12H16N2S/c1-8(2)14-7-11-5-9-3-4-10(13)6-12(9)15-11/h3-6,8,14H,7,13H2,1-2H3. The van der Waals surface area contributed by atoms with Crippen molar-refractivity contribution >= 4 is 27.1 Å². The summed E-state index contributed by atoms with van der Waals surface area (Å²) in [6, 6.07) is 8.84. The Balaban J connectivity index is 2.23. The van der Waals surface area contributed by atoms with E-state index in [1.165, 1.54) is 15.0 Å². The van der Waals surface area contributed by atoms with E-state index in [2.05, 4.69) is 31.3 Å². The molecule has 0 spiro atoms. The second kappa shape index (κ2) is 4.21. The Kier molecular flexibility index (Phi) is 2.93. The Morgan fingerprint density at radius 1 is 1.33 bits per heavy atom. The average molecular weight is 220 g/mol. The molecule has 0 bridgehead atoms. The highest BCUT2D eigenvalue weighted by atomic mass is 32.1. The highest BCUT2D eigenvalue weighted by Crippen LogP contribution is 2.27. The SMILES string of the molecule is CC(C)NCc1cc2ccc(N)cc2s1. The van der Waals surface area contributed by atoms with Crippen LogP contribution in [-0.2, 0) is 6.54 Å². The average Bonchev–Trinajstić information content (AvgIpc) is 2.56. The molecule has 2 aromatic rings. The molecule has 0 saturated carbocycles. The zero-order valence-corrected chi connectivity index (χ0v) is 9.90. The van der Waals surface area contributed by atoms with Crippen LogP contribution in [0.2, 0.25) is 0 Å². The summed E-state index contributed by atoms with van der Waals surface area (Å²) in [6.07, 6.45) is 0. The monoisotopic (exact) mass is 220 g/mol. The van der Waals surface area contributed by atoms with Crippen LogP contribution < -0.4 is 11.1 Å². The second-order valence-corrected chi connectivity index (χ2v) is 5.21. The lowest BCUT2D eigenvalue weighted by Crippen LogP contribution is -2.21. The molecule has 1 aromatic carbocycles. The zero-order chi connectivity index (χ0) is 10.8.